The lowest BCUT2D eigenvalue weighted by atomic mass is 10.2. The van der Waals surface area contributed by atoms with Gasteiger partial charge in [0, 0.05) is 15.6 Å². The zero-order valence-electron chi connectivity index (χ0n) is 10.8. The Labute approximate surface area is 128 Å². The maximum Gasteiger partial charge on any atom is 0.237 e. The number of carbonyl (C=O) groups excluding carboxylic acids is 1. The van der Waals surface area contributed by atoms with E-state index in [2.05, 4.69) is 5.32 Å². The van der Waals surface area contributed by atoms with E-state index in [4.69, 9.17) is 17.3 Å². The minimum atomic E-state index is -1.56. The molecule has 3 N–H and O–H groups in total. The standard InChI is InChI=1S/C14H12ClFN2O2S/c15-9-2-1-3-11(6-9)21(20)8-14(19)18-13-7-10(17)4-5-12(13)16/h1-7H,8,17H2,(H,18,19). The number of halogens is 2. The maximum absolute atomic E-state index is 13.5. The summed E-state index contributed by atoms with van der Waals surface area (Å²) in [5, 5.41) is 2.78. The van der Waals surface area contributed by atoms with Crippen LogP contribution in [0.1, 0.15) is 0 Å². The van der Waals surface area contributed by atoms with Crippen LogP contribution in [0.5, 0.6) is 0 Å². The topological polar surface area (TPSA) is 72.2 Å². The van der Waals surface area contributed by atoms with Gasteiger partial charge in [0.25, 0.3) is 0 Å². The van der Waals surface area contributed by atoms with Crippen LogP contribution in [-0.4, -0.2) is 15.9 Å². The molecule has 21 heavy (non-hydrogen) atoms. The van der Waals surface area contributed by atoms with Gasteiger partial charge in [-0.2, -0.15) is 0 Å². The SMILES string of the molecule is Nc1ccc(F)c(NC(=O)CS(=O)c2cccc(Cl)c2)c1. The molecule has 110 valence electrons. The molecule has 0 aliphatic carbocycles. The van der Waals surface area contributed by atoms with Crippen LogP contribution in [0.2, 0.25) is 5.02 Å². The van der Waals surface area contributed by atoms with Crippen molar-refractivity contribution < 1.29 is 13.4 Å². The fraction of sp³-hybridized carbons (Fsp3) is 0.0714. The van der Waals surface area contributed by atoms with Crippen LogP contribution in [0.4, 0.5) is 15.8 Å². The fourth-order valence-corrected chi connectivity index (χ4v) is 2.86. The molecule has 0 aromatic heterocycles. The Morgan fingerprint density at radius 2 is 2.05 bits per heavy atom. The molecule has 0 aliphatic rings. The number of nitrogen functional groups attached to an aromatic ring is 1. The third-order valence-electron chi connectivity index (χ3n) is 2.59. The molecule has 0 radical (unpaired) electrons. The van der Waals surface area contributed by atoms with Crippen LogP contribution in [0.3, 0.4) is 0 Å². The minimum absolute atomic E-state index is 0.0388. The Morgan fingerprint density at radius 3 is 2.76 bits per heavy atom. The lowest BCUT2D eigenvalue weighted by molar-refractivity contribution is -0.113. The zero-order valence-corrected chi connectivity index (χ0v) is 12.4. The van der Waals surface area contributed by atoms with Gasteiger partial charge in [-0.05, 0) is 36.4 Å². The summed E-state index contributed by atoms with van der Waals surface area (Å²) < 4.78 is 25.5. The molecule has 2 aromatic carbocycles. The monoisotopic (exact) mass is 326 g/mol. The zero-order chi connectivity index (χ0) is 15.4. The summed E-state index contributed by atoms with van der Waals surface area (Å²) in [6.45, 7) is 0. The predicted octanol–water partition coefficient (Wildman–Crippen LogP) is 2.81. The Kier molecular flexibility index (Phi) is 4.93. The number of nitrogens with one attached hydrogen (secondary N) is 1. The van der Waals surface area contributed by atoms with E-state index in [0.717, 1.165) is 6.07 Å². The van der Waals surface area contributed by atoms with Gasteiger partial charge in [0.05, 0.1) is 16.5 Å². The highest BCUT2D eigenvalue weighted by atomic mass is 35.5. The van der Waals surface area contributed by atoms with Crippen molar-refractivity contribution in [3.8, 4) is 0 Å². The molecule has 2 rings (SSSR count). The van der Waals surface area contributed by atoms with Crippen LogP contribution in [-0.2, 0) is 15.6 Å². The van der Waals surface area contributed by atoms with Gasteiger partial charge in [0.2, 0.25) is 5.91 Å². The van der Waals surface area contributed by atoms with E-state index in [0.29, 0.717) is 15.6 Å². The van der Waals surface area contributed by atoms with Crippen LogP contribution in [0, 0.1) is 5.82 Å². The highest BCUT2D eigenvalue weighted by Crippen LogP contribution is 2.18. The van der Waals surface area contributed by atoms with Crippen molar-refractivity contribution >= 4 is 39.7 Å². The van der Waals surface area contributed by atoms with Crippen molar-refractivity contribution in [1.82, 2.24) is 0 Å². The molecular weight excluding hydrogens is 315 g/mol. The number of hydrogen-bond acceptors (Lipinski definition) is 3. The fourth-order valence-electron chi connectivity index (χ4n) is 1.64. The molecule has 2 aromatic rings. The van der Waals surface area contributed by atoms with Crippen molar-refractivity contribution in [2.75, 3.05) is 16.8 Å². The summed E-state index contributed by atoms with van der Waals surface area (Å²) in [6.07, 6.45) is 0. The van der Waals surface area contributed by atoms with Gasteiger partial charge in [-0.25, -0.2) is 4.39 Å². The molecule has 0 bridgehead atoms. The Hall–Kier alpha value is -1.92. The van der Waals surface area contributed by atoms with Crippen LogP contribution in [0.15, 0.2) is 47.4 Å². The van der Waals surface area contributed by atoms with Gasteiger partial charge in [0.15, 0.2) is 0 Å². The molecule has 7 heteroatoms. The highest BCUT2D eigenvalue weighted by Gasteiger charge is 2.13. The first-order valence-electron chi connectivity index (χ1n) is 5.94. The van der Waals surface area contributed by atoms with E-state index in [9.17, 15) is 13.4 Å². The molecule has 1 atom stereocenters. The average Bonchev–Trinajstić information content (AvgIpc) is 2.42. The molecule has 0 heterocycles. The molecule has 0 saturated heterocycles. The van der Waals surface area contributed by atoms with Gasteiger partial charge in [-0.3, -0.25) is 9.00 Å². The summed E-state index contributed by atoms with van der Waals surface area (Å²) in [5.74, 6) is -1.47. The normalized spacial score (nSPS) is 11.9. The van der Waals surface area contributed by atoms with Crippen molar-refractivity contribution in [3.63, 3.8) is 0 Å². The molecule has 0 spiro atoms. The maximum atomic E-state index is 13.5. The van der Waals surface area contributed by atoms with E-state index in [1.807, 2.05) is 0 Å². The van der Waals surface area contributed by atoms with Gasteiger partial charge in [0.1, 0.15) is 11.6 Å². The summed E-state index contributed by atoms with van der Waals surface area (Å²) in [5.41, 5.74) is 5.80. The number of amides is 1. The Bertz CT molecular complexity index is 709. The number of carbonyl (C=O) groups is 1. The third-order valence-corrected chi connectivity index (χ3v) is 4.12. The molecule has 0 fully saturated rings. The van der Waals surface area contributed by atoms with E-state index < -0.39 is 22.5 Å². The molecular formula is C14H12ClFN2O2S. The number of anilines is 2. The summed E-state index contributed by atoms with van der Waals surface area (Å²) in [4.78, 5) is 12.2. The van der Waals surface area contributed by atoms with Gasteiger partial charge in [-0.1, -0.05) is 17.7 Å². The van der Waals surface area contributed by atoms with Crippen molar-refractivity contribution in [3.05, 3.63) is 53.3 Å². The predicted molar refractivity (Wildman–Crippen MR) is 82.2 cm³/mol. The molecule has 1 amide bonds. The summed E-state index contributed by atoms with van der Waals surface area (Å²) in [7, 11) is -1.56. The van der Waals surface area contributed by atoms with E-state index in [-0.39, 0.29) is 11.4 Å². The molecule has 4 nitrogen and oxygen atoms in total. The van der Waals surface area contributed by atoms with Crippen molar-refractivity contribution in [2.45, 2.75) is 4.90 Å². The summed E-state index contributed by atoms with van der Waals surface area (Å²) in [6, 6.07) is 10.3. The quantitative estimate of drug-likeness (QED) is 0.849. The lowest BCUT2D eigenvalue weighted by Crippen LogP contribution is -2.20. The Balaban J connectivity index is 2.05. The Morgan fingerprint density at radius 1 is 1.29 bits per heavy atom. The molecule has 0 aliphatic heterocycles. The minimum Gasteiger partial charge on any atom is -0.399 e. The number of nitrogens with two attached hydrogens (primary N) is 1. The first-order valence-corrected chi connectivity index (χ1v) is 7.64. The highest BCUT2D eigenvalue weighted by molar-refractivity contribution is 7.85. The first kappa shape index (κ1) is 15.5. The number of benzene rings is 2. The lowest BCUT2D eigenvalue weighted by Gasteiger charge is -2.07. The average molecular weight is 327 g/mol. The number of hydrogen-bond donors (Lipinski definition) is 2. The number of rotatable bonds is 4. The van der Waals surface area contributed by atoms with Crippen molar-refractivity contribution in [1.29, 1.82) is 0 Å². The van der Waals surface area contributed by atoms with Crippen LogP contribution < -0.4 is 11.1 Å². The second-order valence-electron chi connectivity index (χ2n) is 4.23. The van der Waals surface area contributed by atoms with E-state index in [1.165, 1.54) is 18.2 Å². The summed E-state index contributed by atoms with van der Waals surface area (Å²) >= 11 is 5.79. The second kappa shape index (κ2) is 6.69. The van der Waals surface area contributed by atoms with Gasteiger partial charge >= 0.3 is 0 Å². The molecule has 0 saturated carbocycles. The van der Waals surface area contributed by atoms with E-state index in [1.54, 1.807) is 18.2 Å². The van der Waals surface area contributed by atoms with Gasteiger partial charge < -0.3 is 11.1 Å². The molecule has 1 unspecified atom stereocenters. The smallest absolute Gasteiger partial charge is 0.237 e. The van der Waals surface area contributed by atoms with E-state index >= 15 is 0 Å². The van der Waals surface area contributed by atoms with Crippen LogP contribution >= 0.6 is 11.6 Å². The van der Waals surface area contributed by atoms with Crippen molar-refractivity contribution in [2.24, 2.45) is 0 Å². The van der Waals surface area contributed by atoms with Crippen LogP contribution in [0.25, 0.3) is 0 Å². The first-order chi connectivity index (χ1) is 9.95. The largest absolute Gasteiger partial charge is 0.399 e. The van der Waals surface area contributed by atoms with Gasteiger partial charge in [-0.15, -0.1) is 0 Å². The second-order valence-corrected chi connectivity index (χ2v) is 6.12. The third kappa shape index (κ3) is 4.27.